The molecule has 144 valence electrons. The summed E-state index contributed by atoms with van der Waals surface area (Å²) in [5, 5.41) is 8.60. The van der Waals surface area contributed by atoms with E-state index in [9.17, 15) is 0 Å². The fraction of sp³-hybridized carbons (Fsp3) is 0.136. The van der Waals surface area contributed by atoms with Crippen LogP contribution in [0.5, 0.6) is 0 Å². The first-order valence-corrected chi connectivity index (χ1v) is 9.86. The first kappa shape index (κ1) is 17.8. The summed E-state index contributed by atoms with van der Waals surface area (Å²) >= 11 is 4.84. The summed E-state index contributed by atoms with van der Waals surface area (Å²) in [7, 11) is 0. The number of benzene rings is 2. The number of nitrogens with zero attached hydrogens (tertiary/aromatic N) is 4. The van der Waals surface area contributed by atoms with Gasteiger partial charge in [0.1, 0.15) is 16.8 Å². The molecule has 29 heavy (non-hydrogen) atoms. The zero-order valence-electron chi connectivity index (χ0n) is 15.8. The van der Waals surface area contributed by atoms with Crippen LogP contribution in [0.15, 0.2) is 71.3 Å². The monoisotopic (exact) mass is 401 g/mol. The Labute approximate surface area is 173 Å². The number of H-pyrrole nitrogens is 1. The number of hydrogen-bond donors (Lipinski definition) is 2. The predicted molar refractivity (Wildman–Crippen MR) is 115 cm³/mol. The standard InChI is InChI=1S/C22H19N5OS/c1-14-8-10-15(11-9-14)21-25-26-22(27(21)13-16-5-4-12-28-16)19(29)20-23-17-6-2-3-7-18(17)24-20/h2-12,19,29H,13H2,1H3,(H,23,24). The van der Waals surface area contributed by atoms with E-state index in [1.807, 2.05) is 41.0 Å². The van der Waals surface area contributed by atoms with E-state index in [1.165, 1.54) is 5.56 Å². The van der Waals surface area contributed by atoms with Crippen molar-refractivity contribution in [2.24, 2.45) is 0 Å². The van der Waals surface area contributed by atoms with E-state index in [-0.39, 0.29) is 5.25 Å². The number of thiol groups is 1. The van der Waals surface area contributed by atoms with Crippen LogP contribution in [0.4, 0.5) is 0 Å². The Kier molecular flexibility index (Phi) is 4.44. The van der Waals surface area contributed by atoms with E-state index in [4.69, 9.17) is 17.0 Å². The van der Waals surface area contributed by atoms with Crippen LogP contribution in [-0.4, -0.2) is 24.7 Å². The van der Waals surface area contributed by atoms with Crippen LogP contribution in [0.2, 0.25) is 0 Å². The highest BCUT2D eigenvalue weighted by atomic mass is 32.1. The van der Waals surface area contributed by atoms with Crippen LogP contribution < -0.4 is 0 Å². The molecule has 0 fully saturated rings. The van der Waals surface area contributed by atoms with Crippen LogP contribution in [0.3, 0.4) is 0 Å². The molecule has 0 saturated heterocycles. The third-order valence-electron chi connectivity index (χ3n) is 4.89. The summed E-state index contributed by atoms with van der Waals surface area (Å²) < 4.78 is 7.62. The zero-order valence-corrected chi connectivity index (χ0v) is 16.7. The van der Waals surface area contributed by atoms with Crippen molar-refractivity contribution in [3.8, 4) is 11.4 Å². The molecule has 1 atom stereocenters. The van der Waals surface area contributed by atoms with Crippen molar-refractivity contribution < 1.29 is 4.42 Å². The van der Waals surface area contributed by atoms with Crippen molar-refractivity contribution in [3.05, 3.63) is 89.9 Å². The Morgan fingerprint density at radius 1 is 1.03 bits per heavy atom. The molecule has 5 aromatic rings. The number of imidazole rings is 1. The third-order valence-corrected chi connectivity index (χ3v) is 5.37. The molecule has 6 nitrogen and oxygen atoms in total. The number of aromatic nitrogens is 5. The van der Waals surface area contributed by atoms with E-state index >= 15 is 0 Å². The number of aromatic amines is 1. The smallest absolute Gasteiger partial charge is 0.164 e. The van der Waals surface area contributed by atoms with Gasteiger partial charge in [-0.1, -0.05) is 42.0 Å². The van der Waals surface area contributed by atoms with Gasteiger partial charge in [0.2, 0.25) is 0 Å². The number of para-hydroxylation sites is 2. The number of hydrogen-bond acceptors (Lipinski definition) is 5. The van der Waals surface area contributed by atoms with Crippen molar-refractivity contribution in [2.45, 2.75) is 18.7 Å². The minimum atomic E-state index is -0.357. The van der Waals surface area contributed by atoms with Gasteiger partial charge in [-0.3, -0.25) is 0 Å². The van der Waals surface area contributed by atoms with Crippen LogP contribution in [-0.2, 0) is 6.54 Å². The summed E-state index contributed by atoms with van der Waals surface area (Å²) in [6, 6.07) is 20.0. The highest BCUT2D eigenvalue weighted by Crippen LogP contribution is 2.30. The first-order chi connectivity index (χ1) is 14.2. The van der Waals surface area contributed by atoms with Gasteiger partial charge in [0.15, 0.2) is 11.6 Å². The lowest BCUT2D eigenvalue weighted by Crippen LogP contribution is -2.10. The summed E-state index contributed by atoms with van der Waals surface area (Å²) in [6.07, 6.45) is 1.67. The van der Waals surface area contributed by atoms with Gasteiger partial charge in [0.05, 0.1) is 23.8 Å². The van der Waals surface area contributed by atoms with Gasteiger partial charge in [-0.05, 0) is 31.2 Å². The topological polar surface area (TPSA) is 72.5 Å². The molecule has 0 aliphatic carbocycles. The summed E-state index contributed by atoms with van der Waals surface area (Å²) in [5.41, 5.74) is 4.06. The Morgan fingerprint density at radius 2 is 1.86 bits per heavy atom. The van der Waals surface area contributed by atoms with Crippen LogP contribution >= 0.6 is 12.6 Å². The van der Waals surface area contributed by atoms with Crippen molar-refractivity contribution in [1.29, 1.82) is 0 Å². The van der Waals surface area contributed by atoms with Gasteiger partial charge in [0.25, 0.3) is 0 Å². The van der Waals surface area contributed by atoms with Crippen LogP contribution in [0, 0.1) is 6.92 Å². The molecule has 0 aliphatic heterocycles. The van der Waals surface area contributed by atoms with Crippen molar-refractivity contribution >= 4 is 23.7 Å². The highest BCUT2D eigenvalue weighted by Gasteiger charge is 2.24. The average molecular weight is 401 g/mol. The maximum absolute atomic E-state index is 5.58. The molecule has 1 unspecified atom stereocenters. The molecular weight excluding hydrogens is 382 g/mol. The van der Waals surface area contributed by atoms with E-state index in [1.54, 1.807) is 6.26 Å². The fourth-order valence-electron chi connectivity index (χ4n) is 3.37. The zero-order chi connectivity index (χ0) is 19.8. The fourth-order valence-corrected chi connectivity index (χ4v) is 3.69. The second-order valence-electron chi connectivity index (χ2n) is 6.96. The second kappa shape index (κ2) is 7.25. The SMILES string of the molecule is Cc1ccc(-c2nnc(C(S)c3nc4ccccc4[nH]3)n2Cc2ccco2)cc1. The van der Waals surface area contributed by atoms with E-state index in [0.29, 0.717) is 12.4 Å². The molecule has 2 aromatic carbocycles. The van der Waals surface area contributed by atoms with E-state index in [0.717, 1.165) is 34.0 Å². The maximum atomic E-state index is 5.58. The van der Waals surface area contributed by atoms with Gasteiger partial charge in [-0.15, -0.1) is 10.2 Å². The molecule has 0 spiro atoms. The molecule has 0 amide bonds. The molecule has 0 bridgehead atoms. The number of nitrogens with one attached hydrogen (secondary N) is 1. The molecule has 1 N–H and O–H groups in total. The lowest BCUT2D eigenvalue weighted by atomic mass is 10.1. The quantitative estimate of drug-likeness (QED) is 0.415. The Morgan fingerprint density at radius 3 is 2.62 bits per heavy atom. The van der Waals surface area contributed by atoms with Gasteiger partial charge >= 0.3 is 0 Å². The molecule has 0 radical (unpaired) electrons. The van der Waals surface area contributed by atoms with Crippen LogP contribution in [0.1, 0.15) is 28.2 Å². The lowest BCUT2D eigenvalue weighted by molar-refractivity contribution is 0.490. The Hall–Kier alpha value is -3.32. The molecular formula is C22H19N5OS. The average Bonchev–Trinajstić information content (AvgIpc) is 3.48. The molecule has 0 aliphatic rings. The maximum Gasteiger partial charge on any atom is 0.164 e. The van der Waals surface area contributed by atoms with Gasteiger partial charge < -0.3 is 14.0 Å². The summed E-state index contributed by atoms with van der Waals surface area (Å²) in [6.45, 7) is 2.57. The molecule has 5 rings (SSSR count). The van der Waals surface area contributed by atoms with Crippen molar-refractivity contribution in [3.63, 3.8) is 0 Å². The molecule has 0 saturated carbocycles. The summed E-state index contributed by atoms with van der Waals surface area (Å²) in [4.78, 5) is 8.03. The number of furan rings is 1. The minimum absolute atomic E-state index is 0.357. The molecule has 3 aromatic heterocycles. The van der Waals surface area contributed by atoms with Gasteiger partial charge in [0, 0.05) is 5.56 Å². The minimum Gasteiger partial charge on any atom is -0.467 e. The Balaban J connectivity index is 1.60. The van der Waals surface area contributed by atoms with Crippen LogP contribution in [0.25, 0.3) is 22.4 Å². The van der Waals surface area contributed by atoms with Gasteiger partial charge in [-0.2, -0.15) is 12.6 Å². The number of rotatable bonds is 5. The summed E-state index contributed by atoms with van der Waals surface area (Å²) in [5.74, 6) is 3.04. The third kappa shape index (κ3) is 3.34. The molecule has 7 heteroatoms. The highest BCUT2D eigenvalue weighted by molar-refractivity contribution is 7.80. The van der Waals surface area contributed by atoms with Crippen molar-refractivity contribution in [2.75, 3.05) is 0 Å². The predicted octanol–water partition coefficient (Wildman–Crippen LogP) is 4.79. The first-order valence-electron chi connectivity index (χ1n) is 9.34. The van der Waals surface area contributed by atoms with E-state index in [2.05, 4.69) is 51.4 Å². The van der Waals surface area contributed by atoms with E-state index < -0.39 is 0 Å². The number of aryl methyl sites for hydroxylation is 1. The second-order valence-corrected chi connectivity index (χ2v) is 7.47. The number of fused-ring (bicyclic) bond motifs is 1. The normalized spacial score (nSPS) is 12.5. The largest absolute Gasteiger partial charge is 0.467 e. The van der Waals surface area contributed by atoms with Crippen molar-refractivity contribution in [1.82, 2.24) is 24.7 Å². The molecule has 3 heterocycles. The Bertz CT molecular complexity index is 1220. The van der Waals surface area contributed by atoms with Gasteiger partial charge in [-0.25, -0.2) is 4.98 Å². The lowest BCUT2D eigenvalue weighted by Gasteiger charge is -2.12.